The van der Waals surface area contributed by atoms with Crippen molar-refractivity contribution in [2.45, 2.75) is 25.9 Å². The summed E-state index contributed by atoms with van der Waals surface area (Å²) >= 11 is 0. The third-order valence-electron chi connectivity index (χ3n) is 3.25. The Kier molecular flexibility index (Phi) is 4.26. The summed E-state index contributed by atoms with van der Waals surface area (Å²) in [5.41, 5.74) is -0.411. The van der Waals surface area contributed by atoms with Gasteiger partial charge in [0.25, 0.3) is 5.91 Å². The van der Waals surface area contributed by atoms with Crippen molar-refractivity contribution >= 4 is 18.0 Å². The summed E-state index contributed by atoms with van der Waals surface area (Å²) in [7, 11) is 0. The highest BCUT2D eigenvalue weighted by molar-refractivity contribution is 6.02. The minimum absolute atomic E-state index is 0.233. The number of carbonyl (C=O) groups excluding carboxylic acids is 3. The maximum absolute atomic E-state index is 12.3. The van der Waals surface area contributed by atoms with E-state index in [9.17, 15) is 14.4 Å². The van der Waals surface area contributed by atoms with E-state index in [4.69, 9.17) is 9.47 Å². The summed E-state index contributed by atoms with van der Waals surface area (Å²) in [6.45, 7) is 2.64. The molecule has 6 heteroatoms. The number of benzene rings is 1. The molecule has 6 nitrogen and oxygen atoms in total. The van der Waals surface area contributed by atoms with E-state index < -0.39 is 23.6 Å². The lowest BCUT2D eigenvalue weighted by Crippen LogP contribution is -2.43. The highest BCUT2D eigenvalue weighted by atomic mass is 16.6. The first-order valence-corrected chi connectivity index (χ1v) is 6.64. The van der Waals surface area contributed by atoms with Crippen LogP contribution in [0.25, 0.3) is 0 Å². The summed E-state index contributed by atoms with van der Waals surface area (Å²) in [4.78, 5) is 36.0. The van der Waals surface area contributed by atoms with Gasteiger partial charge in [0.1, 0.15) is 6.61 Å². The molecule has 2 rings (SSSR count). The van der Waals surface area contributed by atoms with Gasteiger partial charge in [-0.3, -0.25) is 9.59 Å². The lowest BCUT2D eigenvalue weighted by atomic mass is 10.1. The number of rotatable bonds is 5. The molecule has 0 radical (unpaired) electrons. The van der Waals surface area contributed by atoms with Gasteiger partial charge in [-0.15, -0.1) is 0 Å². The van der Waals surface area contributed by atoms with Crippen LogP contribution in [0.4, 0.5) is 4.79 Å². The molecule has 0 aromatic heterocycles. The van der Waals surface area contributed by atoms with Crippen LogP contribution in [0.2, 0.25) is 0 Å². The number of hydrogen-bond acceptors (Lipinski definition) is 5. The van der Waals surface area contributed by atoms with Crippen LogP contribution in [0.1, 0.15) is 19.4 Å². The molecular formula is C15H17NO5. The Hall–Kier alpha value is -2.37. The second kappa shape index (κ2) is 5.95. The van der Waals surface area contributed by atoms with Crippen molar-refractivity contribution in [1.29, 1.82) is 0 Å². The number of imide groups is 1. The standard InChI is InChI=1S/C15H17NO5/c1-11(17)20-10-15(2)13(18)16(14(19)21-15)9-8-12-6-4-3-5-7-12/h3-7H,8-10H2,1-2H3. The molecule has 0 spiro atoms. The van der Waals surface area contributed by atoms with Gasteiger partial charge in [-0.05, 0) is 18.9 Å². The second-order valence-corrected chi connectivity index (χ2v) is 5.07. The smallest absolute Gasteiger partial charge is 0.417 e. The lowest BCUT2D eigenvalue weighted by molar-refractivity contribution is -0.152. The summed E-state index contributed by atoms with van der Waals surface area (Å²) < 4.78 is 9.87. The largest absolute Gasteiger partial charge is 0.461 e. The van der Waals surface area contributed by atoms with Crippen LogP contribution >= 0.6 is 0 Å². The van der Waals surface area contributed by atoms with E-state index in [1.165, 1.54) is 13.8 Å². The fraction of sp³-hybridized carbons (Fsp3) is 0.400. The summed E-state index contributed by atoms with van der Waals surface area (Å²) in [6, 6.07) is 9.53. The van der Waals surface area contributed by atoms with Crippen LogP contribution in [0.3, 0.4) is 0 Å². The lowest BCUT2D eigenvalue weighted by Gasteiger charge is -2.19. The zero-order valence-corrected chi connectivity index (χ0v) is 12.0. The third kappa shape index (κ3) is 3.39. The van der Waals surface area contributed by atoms with Crippen molar-refractivity contribution in [3.05, 3.63) is 35.9 Å². The Labute approximate surface area is 122 Å². The van der Waals surface area contributed by atoms with Crippen LogP contribution in [-0.2, 0) is 25.5 Å². The molecule has 1 aliphatic rings. The van der Waals surface area contributed by atoms with Gasteiger partial charge in [0.15, 0.2) is 0 Å². The molecule has 21 heavy (non-hydrogen) atoms. The van der Waals surface area contributed by atoms with Crippen LogP contribution in [0.15, 0.2) is 30.3 Å². The van der Waals surface area contributed by atoms with Crippen molar-refractivity contribution in [3.63, 3.8) is 0 Å². The Morgan fingerprint density at radius 3 is 2.57 bits per heavy atom. The van der Waals surface area contributed by atoms with Crippen LogP contribution < -0.4 is 0 Å². The van der Waals surface area contributed by atoms with Gasteiger partial charge in [-0.25, -0.2) is 9.69 Å². The minimum atomic E-state index is -1.43. The maximum Gasteiger partial charge on any atom is 0.417 e. The van der Waals surface area contributed by atoms with E-state index in [2.05, 4.69) is 0 Å². The summed E-state index contributed by atoms with van der Waals surface area (Å²) in [5.74, 6) is -1.01. The van der Waals surface area contributed by atoms with Crippen molar-refractivity contribution < 1.29 is 23.9 Å². The number of esters is 1. The number of nitrogens with zero attached hydrogens (tertiary/aromatic N) is 1. The monoisotopic (exact) mass is 291 g/mol. The molecule has 1 fully saturated rings. The van der Waals surface area contributed by atoms with Crippen molar-refractivity contribution in [2.75, 3.05) is 13.2 Å². The topological polar surface area (TPSA) is 72.9 Å². The van der Waals surface area contributed by atoms with Gasteiger partial charge >= 0.3 is 12.1 Å². The molecule has 1 heterocycles. The zero-order valence-electron chi connectivity index (χ0n) is 12.0. The quantitative estimate of drug-likeness (QED) is 0.769. The minimum Gasteiger partial charge on any atom is -0.461 e. The van der Waals surface area contributed by atoms with Gasteiger partial charge in [-0.2, -0.15) is 0 Å². The molecule has 1 aromatic rings. The van der Waals surface area contributed by atoms with E-state index >= 15 is 0 Å². The highest BCUT2D eigenvalue weighted by Crippen LogP contribution is 2.25. The predicted octanol–water partition coefficient (Wildman–Crippen LogP) is 1.53. The second-order valence-electron chi connectivity index (χ2n) is 5.07. The third-order valence-corrected chi connectivity index (χ3v) is 3.25. The maximum atomic E-state index is 12.3. The predicted molar refractivity (Wildman–Crippen MR) is 73.4 cm³/mol. The van der Waals surface area contributed by atoms with E-state index in [1.54, 1.807) is 0 Å². The molecule has 1 atom stereocenters. The van der Waals surface area contributed by atoms with E-state index in [1.807, 2.05) is 30.3 Å². The zero-order chi connectivity index (χ0) is 15.5. The Morgan fingerprint density at radius 2 is 1.95 bits per heavy atom. The Morgan fingerprint density at radius 1 is 1.29 bits per heavy atom. The molecule has 0 bridgehead atoms. The number of amides is 2. The van der Waals surface area contributed by atoms with Crippen molar-refractivity contribution in [2.24, 2.45) is 0 Å². The molecular weight excluding hydrogens is 274 g/mol. The summed E-state index contributed by atoms with van der Waals surface area (Å²) in [6.07, 6.45) is -0.156. The van der Waals surface area contributed by atoms with E-state index in [-0.39, 0.29) is 13.2 Å². The summed E-state index contributed by atoms with van der Waals surface area (Å²) in [5, 5.41) is 0. The van der Waals surface area contributed by atoms with Gasteiger partial charge < -0.3 is 9.47 Å². The molecule has 2 amide bonds. The molecule has 112 valence electrons. The van der Waals surface area contributed by atoms with Gasteiger partial charge in [0, 0.05) is 13.5 Å². The number of carbonyl (C=O) groups is 3. The molecule has 0 saturated carbocycles. The van der Waals surface area contributed by atoms with Gasteiger partial charge in [0.2, 0.25) is 5.60 Å². The van der Waals surface area contributed by atoms with Crippen LogP contribution in [0, 0.1) is 0 Å². The molecule has 1 saturated heterocycles. The first-order valence-electron chi connectivity index (χ1n) is 6.64. The highest BCUT2D eigenvalue weighted by Gasteiger charge is 2.51. The number of ether oxygens (including phenoxy) is 2. The number of hydrogen-bond donors (Lipinski definition) is 0. The SMILES string of the molecule is CC(=O)OCC1(C)OC(=O)N(CCc2ccccc2)C1=O. The normalized spacial score (nSPS) is 21.3. The molecule has 0 N–H and O–H groups in total. The Bertz CT molecular complexity index is 556. The first-order chi connectivity index (χ1) is 9.92. The Balaban J connectivity index is 1.99. The van der Waals surface area contributed by atoms with Crippen molar-refractivity contribution in [3.8, 4) is 0 Å². The van der Waals surface area contributed by atoms with Crippen molar-refractivity contribution in [1.82, 2.24) is 4.90 Å². The fourth-order valence-electron chi connectivity index (χ4n) is 2.07. The average Bonchev–Trinajstić information content (AvgIpc) is 2.67. The van der Waals surface area contributed by atoms with E-state index in [0.29, 0.717) is 6.42 Å². The van der Waals surface area contributed by atoms with Crippen LogP contribution in [0.5, 0.6) is 0 Å². The molecule has 1 aliphatic heterocycles. The average molecular weight is 291 g/mol. The fourth-order valence-corrected chi connectivity index (χ4v) is 2.07. The first kappa shape index (κ1) is 15.0. The number of cyclic esters (lactones) is 1. The molecule has 1 unspecified atom stereocenters. The molecule has 1 aromatic carbocycles. The van der Waals surface area contributed by atoms with Gasteiger partial charge in [0.05, 0.1) is 0 Å². The van der Waals surface area contributed by atoms with Gasteiger partial charge in [-0.1, -0.05) is 30.3 Å². The molecule has 0 aliphatic carbocycles. The van der Waals surface area contributed by atoms with Crippen LogP contribution in [-0.4, -0.2) is 41.6 Å². The van der Waals surface area contributed by atoms with E-state index in [0.717, 1.165) is 10.5 Å².